The van der Waals surface area contributed by atoms with Crippen molar-refractivity contribution in [3.8, 4) is 62.3 Å². The van der Waals surface area contributed by atoms with Crippen molar-refractivity contribution >= 4 is 21.8 Å². The summed E-state index contributed by atoms with van der Waals surface area (Å²) in [6.07, 6.45) is 5.58. The molecule has 7 aromatic carbocycles. The lowest BCUT2D eigenvalue weighted by atomic mass is 9.78. The third kappa shape index (κ3) is 10.2. The average molecular weight is 993 g/mol. The summed E-state index contributed by atoms with van der Waals surface area (Å²) in [7, 11) is 0. The van der Waals surface area contributed by atoms with Crippen LogP contribution in [0.1, 0.15) is 139 Å². The number of fused-ring (bicyclic) bond motifs is 3. The van der Waals surface area contributed by atoms with Crippen molar-refractivity contribution in [2.24, 2.45) is 0 Å². The van der Waals surface area contributed by atoms with Gasteiger partial charge in [-0.15, -0.1) is 5.10 Å². The summed E-state index contributed by atoms with van der Waals surface area (Å²) in [4.78, 5) is 4.91. The maximum absolute atomic E-state index is 9.36. The van der Waals surface area contributed by atoms with Crippen LogP contribution >= 0.6 is 0 Å². The Labute approximate surface area is 452 Å². The van der Waals surface area contributed by atoms with Crippen LogP contribution in [0.15, 0.2) is 170 Å². The topological polar surface area (TPSA) is 48.8 Å². The van der Waals surface area contributed by atoms with E-state index in [1.54, 1.807) is 4.68 Å². The van der Waals surface area contributed by atoms with Gasteiger partial charge >= 0.3 is 0 Å². The average Bonchev–Trinajstić information content (AvgIpc) is 4.02. The van der Waals surface area contributed by atoms with Gasteiger partial charge in [-0.2, -0.15) is 4.68 Å². The Morgan fingerprint density at radius 2 is 1.03 bits per heavy atom. The van der Waals surface area contributed by atoms with Crippen LogP contribution in [0.25, 0.3) is 72.6 Å². The van der Waals surface area contributed by atoms with Crippen molar-refractivity contribution in [2.75, 3.05) is 0 Å². The monoisotopic (exact) mass is 993 g/mol. The highest BCUT2D eigenvalue weighted by molar-refractivity contribution is 6.09. The van der Waals surface area contributed by atoms with Gasteiger partial charge in [0, 0.05) is 28.6 Å². The van der Waals surface area contributed by atoms with Gasteiger partial charge < -0.3 is 4.74 Å². The second-order valence-electron chi connectivity index (χ2n) is 25.3. The molecule has 0 aliphatic carbocycles. The van der Waals surface area contributed by atoms with Crippen LogP contribution in [-0.2, 0) is 27.1 Å². The highest BCUT2D eigenvalue weighted by Gasteiger charge is 2.28. The zero-order valence-corrected chi connectivity index (χ0v) is 46.4. The summed E-state index contributed by atoms with van der Waals surface area (Å²) >= 11 is 0. The van der Waals surface area contributed by atoms with E-state index in [2.05, 4.69) is 200 Å². The SMILES string of the molecule is [2H]c1c([2H])c([2H])c(-c2cccc(-c3cc(C(C)(C)C)cc(C(C)(C)C)c3)c2-[n+]2[c-]n(-c3cccc(Oc4ccc5c6ccccc6n(-c6cc(C(C)(C)C)ccn6)c5c4)c3)c(-c3cc(C(C)(C)C)cc(C(C)(C)C)c3)n2)c([2H])c1[2H]. The molecule has 0 atom stereocenters. The number of benzene rings is 7. The predicted molar refractivity (Wildman–Crippen MR) is 312 cm³/mol. The lowest BCUT2D eigenvalue weighted by Gasteiger charge is -2.27. The summed E-state index contributed by atoms with van der Waals surface area (Å²) < 4.78 is 57.8. The van der Waals surface area contributed by atoms with E-state index in [9.17, 15) is 2.74 Å². The summed E-state index contributed by atoms with van der Waals surface area (Å²) in [6.45, 7) is 33.2. The lowest BCUT2D eigenvalue weighted by molar-refractivity contribution is -0.659. The smallest absolute Gasteiger partial charge is 0.273 e. The van der Waals surface area contributed by atoms with Crippen LogP contribution in [0.4, 0.5) is 0 Å². The lowest BCUT2D eigenvalue weighted by Crippen LogP contribution is -2.34. The second kappa shape index (κ2) is 18.7. The largest absolute Gasteiger partial charge is 0.458 e. The highest BCUT2D eigenvalue weighted by Crippen LogP contribution is 2.41. The first-order valence-corrected chi connectivity index (χ1v) is 26.1. The van der Waals surface area contributed by atoms with Gasteiger partial charge in [0.1, 0.15) is 17.3 Å². The van der Waals surface area contributed by atoms with E-state index in [0.29, 0.717) is 34.3 Å². The van der Waals surface area contributed by atoms with E-state index in [1.807, 2.05) is 59.3 Å². The van der Waals surface area contributed by atoms with E-state index in [-0.39, 0.29) is 44.7 Å². The normalized spacial score (nSPS) is 13.7. The fourth-order valence-electron chi connectivity index (χ4n) is 9.72. The molecule has 10 rings (SSSR count). The van der Waals surface area contributed by atoms with E-state index < -0.39 is 18.1 Å². The summed E-state index contributed by atoms with van der Waals surface area (Å²) in [5.74, 6) is 2.64. The van der Waals surface area contributed by atoms with E-state index in [4.69, 9.17) is 18.9 Å². The summed E-state index contributed by atoms with van der Waals surface area (Å²) in [5.41, 5.74) is 11.0. The van der Waals surface area contributed by atoms with Crippen LogP contribution in [0.2, 0.25) is 0 Å². The summed E-state index contributed by atoms with van der Waals surface area (Å²) in [5, 5.41) is 7.76. The third-order valence-corrected chi connectivity index (χ3v) is 14.3. The number of rotatable bonds is 8. The van der Waals surface area contributed by atoms with Crippen molar-refractivity contribution in [3.05, 3.63) is 204 Å². The van der Waals surface area contributed by atoms with Crippen LogP contribution in [0, 0.1) is 6.33 Å². The summed E-state index contributed by atoms with van der Waals surface area (Å²) in [6, 6.07) is 44.0. The first-order valence-electron chi connectivity index (χ1n) is 28.6. The van der Waals surface area contributed by atoms with Crippen LogP contribution < -0.4 is 9.42 Å². The molecule has 6 nitrogen and oxygen atoms in total. The first kappa shape index (κ1) is 44.9. The zero-order chi connectivity index (χ0) is 57.8. The molecule has 0 N–H and O–H groups in total. The number of nitrogens with zero attached hydrogens (tertiary/aromatic N) is 5. The third-order valence-electron chi connectivity index (χ3n) is 14.3. The van der Waals surface area contributed by atoms with Gasteiger partial charge in [0.15, 0.2) is 5.82 Å². The molecular formula is C69H73N5O. The Kier molecular flexibility index (Phi) is 11.2. The fraction of sp³-hybridized carbons (Fsp3) is 0.290. The van der Waals surface area contributed by atoms with Crippen molar-refractivity contribution in [1.82, 2.24) is 19.2 Å². The predicted octanol–water partition coefficient (Wildman–Crippen LogP) is 17.7. The number of aromatic nitrogens is 5. The van der Waals surface area contributed by atoms with Gasteiger partial charge in [-0.25, -0.2) is 4.98 Å². The molecule has 3 heterocycles. The minimum atomic E-state index is -0.458. The molecule has 0 saturated carbocycles. The molecule has 0 bridgehead atoms. The van der Waals surface area contributed by atoms with Gasteiger partial charge in [-0.05, 0) is 120 Å². The van der Waals surface area contributed by atoms with Gasteiger partial charge in [0.25, 0.3) is 6.33 Å². The molecule has 0 radical (unpaired) electrons. The van der Waals surface area contributed by atoms with Crippen LogP contribution in [0.5, 0.6) is 11.5 Å². The quantitative estimate of drug-likeness (QED) is 0.113. The molecule has 0 aliphatic rings. The number of hydrogen-bond donors (Lipinski definition) is 0. The Morgan fingerprint density at radius 3 is 1.64 bits per heavy atom. The van der Waals surface area contributed by atoms with Gasteiger partial charge in [-0.1, -0.05) is 219 Å². The molecule has 0 aliphatic heterocycles. The molecule has 0 saturated heterocycles. The Morgan fingerprint density at radius 1 is 0.480 bits per heavy atom. The van der Waals surface area contributed by atoms with E-state index >= 15 is 0 Å². The molecular weight excluding hydrogens is 915 g/mol. The van der Waals surface area contributed by atoms with Gasteiger partial charge in [-0.3, -0.25) is 9.13 Å². The maximum Gasteiger partial charge on any atom is 0.273 e. The Bertz CT molecular complexity index is 3980. The van der Waals surface area contributed by atoms with Crippen molar-refractivity contribution in [1.29, 1.82) is 0 Å². The molecule has 3 aromatic heterocycles. The molecule has 0 unspecified atom stereocenters. The number of pyridine rings is 1. The van der Waals surface area contributed by atoms with E-state index in [1.165, 1.54) is 5.56 Å². The number of hydrogen-bond acceptors (Lipinski definition) is 3. The molecule has 0 spiro atoms. The van der Waals surface area contributed by atoms with Crippen molar-refractivity contribution < 1.29 is 16.3 Å². The molecule has 380 valence electrons. The van der Waals surface area contributed by atoms with Crippen molar-refractivity contribution in [2.45, 2.75) is 131 Å². The molecule has 75 heavy (non-hydrogen) atoms. The minimum absolute atomic E-state index is 0.0710. The first-order chi connectivity index (χ1) is 37.4. The van der Waals surface area contributed by atoms with Gasteiger partial charge in [0.05, 0.1) is 29.3 Å². The molecule has 6 heteroatoms. The molecule has 0 amide bonds. The molecule has 0 fully saturated rings. The number of para-hydroxylation sites is 2. The van der Waals surface area contributed by atoms with Crippen molar-refractivity contribution in [3.63, 3.8) is 0 Å². The van der Waals surface area contributed by atoms with E-state index in [0.717, 1.165) is 66.6 Å². The minimum Gasteiger partial charge on any atom is -0.458 e. The van der Waals surface area contributed by atoms with Crippen LogP contribution in [0.3, 0.4) is 0 Å². The van der Waals surface area contributed by atoms with Gasteiger partial charge in [0.2, 0.25) is 0 Å². The standard InChI is InChI=1S/C69H73N5O/c1-65(2,3)48-33-34-70-62(41-48)74-60-30-20-19-27-58(60)59-32-31-55(43-61(59)74)75-54-26-21-25-53(42-54)72-44-73(71-64(72)47-37-51(68(10,11)12)40-52(38-47)69(13,14)15)63-56(45-23-17-16-18-24-45)28-22-29-57(63)46-35-49(66(4,5)6)39-50(36-46)67(7,8)9/h16-43H,1-15H3/i16D,17D,18D,23D,24D. The Hall–Kier alpha value is -7.57. The second-order valence-corrected chi connectivity index (χ2v) is 25.3. The van der Waals surface area contributed by atoms with Crippen LogP contribution in [-0.4, -0.2) is 19.2 Å². The Balaban J connectivity index is 1.22. The zero-order valence-electron chi connectivity index (χ0n) is 51.4. The highest BCUT2D eigenvalue weighted by atomic mass is 16.5. The number of ether oxygens (including phenoxy) is 1. The maximum atomic E-state index is 9.36. The molecule has 10 aromatic rings. The fourth-order valence-corrected chi connectivity index (χ4v) is 9.72.